The largest absolute Gasteiger partial charge is 0.338 e. The van der Waals surface area contributed by atoms with E-state index in [2.05, 4.69) is 4.90 Å². The minimum Gasteiger partial charge on any atom is -0.338 e. The lowest BCUT2D eigenvalue weighted by Gasteiger charge is -2.38. The highest BCUT2D eigenvalue weighted by Crippen LogP contribution is 2.49. The maximum atomic E-state index is 12.5. The molecule has 3 unspecified atom stereocenters. The van der Waals surface area contributed by atoms with Crippen LogP contribution in [-0.2, 0) is 4.79 Å². The van der Waals surface area contributed by atoms with E-state index in [0.29, 0.717) is 24.4 Å². The highest BCUT2D eigenvalue weighted by molar-refractivity contribution is 5.77. The minimum absolute atomic E-state index is 0.391. The summed E-state index contributed by atoms with van der Waals surface area (Å²) in [5, 5.41) is 0. The fourth-order valence-electron chi connectivity index (χ4n) is 4.32. The quantitative estimate of drug-likeness (QED) is 0.812. The molecule has 0 aliphatic heterocycles. The van der Waals surface area contributed by atoms with Crippen molar-refractivity contribution in [2.45, 2.75) is 57.4 Å². The van der Waals surface area contributed by atoms with Gasteiger partial charge in [0.25, 0.3) is 0 Å². The summed E-state index contributed by atoms with van der Waals surface area (Å²) in [4.78, 5) is 14.6. The van der Waals surface area contributed by atoms with Crippen molar-refractivity contribution in [2.24, 2.45) is 23.5 Å². The van der Waals surface area contributed by atoms with Crippen LogP contribution in [0.3, 0.4) is 0 Å². The Labute approximate surface area is 110 Å². The van der Waals surface area contributed by atoms with Crippen molar-refractivity contribution in [2.75, 3.05) is 13.1 Å². The molecular formula is C15H26N2O. The van der Waals surface area contributed by atoms with Gasteiger partial charge in [0, 0.05) is 25.6 Å². The molecule has 3 nitrogen and oxygen atoms in total. The van der Waals surface area contributed by atoms with Crippen LogP contribution in [0.4, 0.5) is 0 Å². The molecule has 0 radical (unpaired) electrons. The van der Waals surface area contributed by atoms with Crippen molar-refractivity contribution in [3.05, 3.63) is 0 Å². The van der Waals surface area contributed by atoms with E-state index in [1.165, 1.54) is 44.9 Å². The van der Waals surface area contributed by atoms with Gasteiger partial charge >= 0.3 is 0 Å². The molecule has 0 heterocycles. The van der Waals surface area contributed by atoms with Gasteiger partial charge in [0.05, 0.1) is 0 Å². The van der Waals surface area contributed by atoms with Crippen LogP contribution < -0.4 is 5.73 Å². The van der Waals surface area contributed by atoms with Gasteiger partial charge in [-0.1, -0.05) is 6.42 Å². The van der Waals surface area contributed by atoms with Crippen LogP contribution in [0.1, 0.15) is 51.4 Å². The molecule has 3 heteroatoms. The van der Waals surface area contributed by atoms with Crippen molar-refractivity contribution in [3.63, 3.8) is 0 Å². The van der Waals surface area contributed by atoms with E-state index in [0.717, 1.165) is 24.8 Å². The van der Waals surface area contributed by atoms with Crippen molar-refractivity contribution in [1.82, 2.24) is 4.90 Å². The molecular weight excluding hydrogens is 224 g/mol. The molecule has 2 bridgehead atoms. The molecule has 0 spiro atoms. The van der Waals surface area contributed by atoms with Crippen molar-refractivity contribution in [3.8, 4) is 0 Å². The standard InChI is InChI=1S/C15H26N2O/c16-6-7-17(14-2-1-3-14)15(18)10-13-9-11-4-5-12(13)8-11/h11-14H,1-10,16H2. The lowest BCUT2D eigenvalue weighted by Crippen LogP contribution is -2.47. The topological polar surface area (TPSA) is 46.3 Å². The first kappa shape index (κ1) is 12.5. The molecule has 1 amide bonds. The second-order valence-electron chi connectivity index (χ2n) is 6.60. The number of rotatable bonds is 5. The maximum absolute atomic E-state index is 12.5. The second kappa shape index (κ2) is 5.20. The number of hydrogen-bond acceptors (Lipinski definition) is 2. The van der Waals surface area contributed by atoms with Gasteiger partial charge in [0.15, 0.2) is 0 Å². The minimum atomic E-state index is 0.391. The summed E-state index contributed by atoms with van der Waals surface area (Å²) < 4.78 is 0. The number of nitrogens with two attached hydrogens (primary N) is 1. The Balaban J connectivity index is 1.55. The van der Waals surface area contributed by atoms with Gasteiger partial charge in [-0.25, -0.2) is 0 Å². The molecule has 0 aromatic rings. The SMILES string of the molecule is NCCN(C(=O)CC1CC2CCC1C2)C1CCC1. The van der Waals surface area contributed by atoms with Gasteiger partial charge in [0.2, 0.25) is 5.91 Å². The number of carbonyl (C=O) groups excluding carboxylic acids is 1. The smallest absolute Gasteiger partial charge is 0.223 e. The average Bonchev–Trinajstić information content (AvgIpc) is 2.87. The molecule has 2 N–H and O–H groups in total. The number of hydrogen-bond donors (Lipinski definition) is 1. The Kier molecular flexibility index (Phi) is 3.60. The van der Waals surface area contributed by atoms with E-state index < -0.39 is 0 Å². The highest BCUT2D eigenvalue weighted by atomic mass is 16.2. The molecule has 18 heavy (non-hydrogen) atoms. The van der Waals surface area contributed by atoms with E-state index in [1.54, 1.807) is 0 Å². The summed E-state index contributed by atoms with van der Waals surface area (Å²) in [6.07, 6.45) is 10.00. The lowest BCUT2D eigenvalue weighted by molar-refractivity contribution is -0.136. The molecule has 0 aromatic heterocycles. The number of fused-ring (bicyclic) bond motifs is 2. The third-order valence-electron chi connectivity index (χ3n) is 5.53. The van der Waals surface area contributed by atoms with Gasteiger partial charge in [-0.05, 0) is 56.3 Å². The Hall–Kier alpha value is -0.570. The fraction of sp³-hybridized carbons (Fsp3) is 0.933. The number of nitrogens with zero attached hydrogens (tertiary/aromatic N) is 1. The highest BCUT2D eigenvalue weighted by Gasteiger charge is 2.41. The average molecular weight is 250 g/mol. The van der Waals surface area contributed by atoms with Gasteiger partial charge < -0.3 is 10.6 Å². The van der Waals surface area contributed by atoms with E-state index in [4.69, 9.17) is 5.73 Å². The summed E-state index contributed by atoms with van der Waals surface area (Å²) in [5.74, 6) is 2.89. The zero-order valence-corrected chi connectivity index (χ0v) is 11.3. The van der Waals surface area contributed by atoms with Crippen LogP contribution in [0.5, 0.6) is 0 Å². The second-order valence-corrected chi connectivity index (χ2v) is 6.60. The van der Waals surface area contributed by atoms with Crippen LogP contribution in [0, 0.1) is 17.8 Å². The van der Waals surface area contributed by atoms with Crippen LogP contribution in [-0.4, -0.2) is 29.9 Å². The van der Waals surface area contributed by atoms with Crippen molar-refractivity contribution in [1.29, 1.82) is 0 Å². The van der Waals surface area contributed by atoms with Gasteiger partial charge in [-0.15, -0.1) is 0 Å². The predicted octanol–water partition coefficient (Wildman–Crippen LogP) is 2.15. The third kappa shape index (κ3) is 2.29. The molecule has 0 aromatic carbocycles. The molecule has 3 aliphatic rings. The van der Waals surface area contributed by atoms with Crippen LogP contribution >= 0.6 is 0 Å². The van der Waals surface area contributed by atoms with E-state index in [-0.39, 0.29) is 0 Å². The van der Waals surface area contributed by atoms with Gasteiger partial charge in [-0.3, -0.25) is 4.79 Å². The first-order valence-electron chi connectivity index (χ1n) is 7.77. The van der Waals surface area contributed by atoms with Crippen LogP contribution in [0.25, 0.3) is 0 Å². The molecule has 102 valence electrons. The normalized spacial score (nSPS) is 34.6. The Morgan fingerprint density at radius 2 is 2.00 bits per heavy atom. The summed E-state index contributed by atoms with van der Waals surface area (Å²) >= 11 is 0. The summed E-state index contributed by atoms with van der Waals surface area (Å²) in [6, 6.07) is 0.514. The molecule has 3 aliphatic carbocycles. The monoisotopic (exact) mass is 250 g/mol. The maximum Gasteiger partial charge on any atom is 0.223 e. The lowest BCUT2D eigenvalue weighted by atomic mass is 9.85. The summed E-state index contributed by atoms with van der Waals surface area (Å²) in [7, 11) is 0. The third-order valence-corrected chi connectivity index (χ3v) is 5.53. The first-order chi connectivity index (χ1) is 8.78. The van der Waals surface area contributed by atoms with Crippen molar-refractivity contribution < 1.29 is 4.79 Å². The molecule has 0 saturated heterocycles. The van der Waals surface area contributed by atoms with Gasteiger partial charge in [-0.2, -0.15) is 0 Å². The molecule has 3 saturated carbocycles. The van der Waals surface area contributed by atoms with E-state index in [1.807, 2.05) is 0 Å². The number of amides is 1. The fourth-order valence-corrected chi connectivity index (χ4v) is 4.32. The van der Waals surface area contributed by atoms with Gasteiger partial charge in [0.1, 0.15) is 0 Å². The molecule has 3 atom stereocenters. The first-order valence-corrected chi connectivity index (χ1v) is 7.77. The number of carbonyl (C=O) groups is 1. The summed E-state index contributed by atoms with van der Waals surface area (Å²) in [5.41, 5.74) is 5.66. The van der Waals surface area contributed by atoms with E-state index in [9.17, 15) is 4.79 Å². The Morgan fingerprint density at radius 3 is 2.50 bits per heavy atom. The Morgan fingerprint density at radius 1 is 1.17 bits per heavy atom. The summed E-state index contributed by atoms with van der Waals surface area (Å²) in [6.45, 7) is 1.38. The molecule has 3 rings (SSSR count). The molecule has 3 fully saturated rings. The zero-order chi connectivity index (χ0) is 12.5. The van der Waals surface area contributed by atoms with Crippen LogP contribution in [0.2, 0.25) is 0 Å². The van der Waals surface area contributed by atoms with Crippen LogP contribution in [0.15, 0.2) is 0 Å². The van der Waals surface area contributed by atoms with Crippen molar-refractivity contribution >= 4 is 5.91 Å². The zero-order valence-electron chi connectivity index (χ0n) is 11.3. The van der Waals surface area contributed by atoms with E-state index >= 15 is 0 Å². The predicted molar refractivity (Wildman–Crippen MR) is 72.0 cm³/mol. The Bertz CT molecular complexity index is 314.